The number of carbonyl (C=O) groups excluding carboxylic acids is 2. The summed E-state index contributed by atoms with van der Waals surface area (Å²) in [4.78, 5) is 23.0. The molecule has 1 aromatic carbocycles. The third-order valence-electron chi connectivity index (χ3n) is 4.97. The molecule has 2 aliphatic rings. The van der Waals surface area contributed by atoms with Crippen LogP contribution >= 0.6 is 34.8 Å². The zero-order valence-electron chi connectivity index (χ0n) is 15.8. The van der Waals surface area contributed by atoms with E-state index in [9.17, 15) is 9.59 Å². The van der Waals surface area contributed by atoms with Gasteiger partial charge in [0, 0.05) is 12.3 Å². The third-order valence-corrected chi connectivity index (χ3v) is 6.08. The van der Waals surface area contributed by atoms with E-state index >= 15 is 0 Å². The van der Waals surface area contributed by atoms with E-state index in [4.69, 9.17) is 53.8 Å². The Morgan fingerprint density at radius 3 is 2.52 bits per heavy atom. The summed E-state index contributed by atoms with van der Waals surface area (Å²) in [6.07, 6.45) is -1.70. The highest BCUT2D eigenvalue weighted by Crippen LogP contribution is 2.47. The van der Waals surface area contributed by atoms with Crippen LogP contribution in [0.1, 0.15) is 37.4 Å². The lowest BCUT2D eigenvalue weighted by molar-refractivity contribution is -0.201. The summed E-state index contributed by atoms with van der Waals surface area (Å²) < 4.78 is 24.9. The molecule has 2 unspecified atom stereocenters. The number of nitrogens with zero attached hydrogens (tertiary/aromatic N) is 1. The molecular formula is C19H18Cl3NO6. The van der Waals surface area contributed by atoms with E-state index in [1.807, 2.05) is 0 Å². The van der Waals surface area contributed by atoms with Crippen molar-refractivity contribution in [1.29, 1.82) is 0 Å². The molecule has 2 fully saturated rings. The van der Waals surface area contributed by atoms with Gasteiger partial charge in [-0.05, 0) is 26.0 Å². The monoisotopic (exact) mass is 461 g/mol. The summed E-state index contributed by atoms with van der Waals surface area (Å²) in [5.41, 5.74) is 0.832. The Morgan fingerprint density at radius 1 is 1.21 bits per heavy atom. The molecule has 156 valence electrons. The molecule has 0 aliphatic carbocycles. The standard InChI is InChI=1S/C19H18Cl3NO6/c1-8(25)26-7-14-15-16(29-19(2,3)28-15)18(27-14)23-13-5-12(21)11(20)4-9(13)10(6-24)17(23)22/h4-6,14-16,18H,7H2,1-3H3/t14-,15?,16?,18-/m1/s1. The molecule has 0 N–H and O–H groups in total. The molecule has 4 rings (SSSR count). The summed E-state index contributed by atoms with van der Waals surface area (Å²) in [5, 5.41) is 1.32. The van der Waals surface area contributed by atoms with Crippen LogP contribution in [0.15, 0.2) is 12.1 Å². The second kappa shape index (κ2) is 7.41. The van der Waals surface area contributed by atoms with Gasteiger partial charge in [0.25, 0.3) is 0 Å². The molecule has 3 heterocycles. The lowest BCUT2D eigenvalue weighted by atomic mass is 10.1. The van der Waals surface area contributed by atoms with Crippen LogP contribution in [0, 0.1) is 0 Å². The Hall–Kier alpha value is -1.35. The molecule has 2 saturated heterocycles. The van der Waals surface area contributed by atoms with Gasteiger partial charge in [-0.1, -0.05) is 34.8 Å². The highest BCUT2D eigenvalue weighted by molar-refractivity contribution is 6.43. The van der Waals surface area contributed by atoms with Crippen LogP contribution < -0.4 is 0 Å². The first-order valence-corrected chi connectivity index (χ1v) is 10.0. The van der Waals surface area contributed by atoms with Gasteiger partial charge in [-0.3, -0.25) is 9.59 Å². The number of benzene rings is 1. The van der Waals surface area contributed by atoms with E-state index in [2.05, 4.69) is 0 Å². The molecule has 2 aliphatic heterocycles. The van der Waals surface area contributed by atoms with Gasteiger partial charge in [-0.25, -0.2) is 0 Å². The zero-order valence-corrected chi connectivity index (χ0v) is 18.0. The first-order chi connectivity index (χ1) is 13.6. The van der Waals surface area contributed by atoms with Crippen LogP contribution in [-0.4, -0.2) is 47.5 Å². The van der Waals surface area contributed by atoms with Crippen molar-refractivity contribution in [2.24, 2.45) is 0 Å². The van der Waals surface area contributed by atoms with Crippen LogP contribution in [0.4, 0.5) is 0 Å². The second-order valence-corrected chi connectivity index (χ2v) is 8.58. The van der Waals surface area contributed by atoms with Gasteiger partial charge in [0.05, 0.1) is 21.1 Å². The number of hydrogen-bond donors (Lipinski definition) is 0. The Kier molecular flexibility index (Phi) is 5.34. The largest absolute Gasteiger partial charge is 0.463 e. The molecule has 29 heavy (non-hydrogen) atoms. The summed E-state index contributed by atoms with van der Waals surface area (Å²) in [6.45, 7) is 4.89. The van der Waals surface area contributed by atoms with Crippen molar-refractivity contribution in [3.8, 4) is 0 Å². The first-order valence-electron chi connectivity index (χ1n) is 8.91. The van der Waals surface area contributed by atoms with E-state index in [-0.39, 0.29) is 17.3 Å². The number of carbonyl (C=O) groups is 2. The molecule has 0 saturated carbocycles. The molecule has 7 nitrogen and oxygen atoms in total. The lowest BCUT2D eigenvalue weighted by Gasteiger charge is -2.25. The van der Waals surface area contributed by atoms with Gasteiger partial charge >= 0.3 is 5.97 Å². The van der Waals surface area contributed by atoms with Crippen LogP contribution in [0.25, 0.3) is 10.9 Å². The topological polar surface area (TPSA) is 76.0 Å². The number of hydrogen-bond acceptors (Lipinski definition) is 6. The lowest BCUT2D eigenvalue weighted by Crippen LogP contribution is -2.33. The van der Waals surface area contributed by atoms with Gasteiger partial charge in [0.1, 0.15) is 30.1 Å². The van der Waals surface area contributed by atoms with Gasteiger partial charge < -0.3 is 23.5 Å². The van der Waals surface area contributed by atoms with Gasteiger partial charge in [0.15, 0.2) is 18.3 Å². The van der Waals surface area contributed by atoms with Gasteiger partial charge in [-0.2, -0.15) is 0 Å². The van der Waals surface area contributed by atoms with Crippen molar-refractivity contribution in [2.75, 3.05) is 6.61 Å². The molecule has 10 heteroatoms. The van der Waals surface area contributed by atoms with Crippen molar-refractivity contribution in [3.05, 3.63) is 32.9 Å². The molecular weight excluding hydrogens is 445 g/mol. The molecule has 0 spiro atoms. The highest BCUT2D eigenvalue weighted by atomic mass is 35.5. The van der Waals surface area contributed by atoms with Crippen molar-refractivity contribution in [2.45, 2.75) is 51.1 Å². The van der Waals surface area contributed by atoms with Crippen molar-refractivity contribution < 1.29 is 28.5 Å². The van der Waals surface area contributed by atoms with Crippen LogP contribution in [0.2, 0.25) is 15.2 Å². The number of ether oxygens (including phenoxy) is 4. The van der Waals surface area contributed by atoms with Crippen LogP contribution in [-0.2, 0) is 23.7 Å². The average Bonchev–Trinajstić information content (AvgIpc) is 3.20. The van der Waals surface area contributed by atoms with E-state index in [1.54, 1.807) is 30.5 Å². The molecule has 4 atom stereocenters. The van der Waals surface area contributed by atoms with E-state index in [0.29, 0.717) is 27.2 Å². The minimum atomic E-state index is -0.865. The molecule has 0 amide bonds. The third kappa shape index (κ3) is 3.54. The summed E-state index contributed by atoms with van der Waals surface area (Å²) in [7, 11) is 0. The number of halogens is 3. The zero-order chi connectivity index (χ0) is 21.1. The number of fused-ring (bicyclic) bond motifs is 2. The quantitative estimate of drug-likeness (QED) is 0.495. The summed E-state index contributed by atoms with van der Waals surface area (Å²) in [6, 6.07) is 3.21. The normalized spacial score (nSPS) is 27.9. The number of esters is 1. The number of rotatable bonds is 4. The smallest absolute Gasteiger partial charge is 0.302 e. The molecule has 0 bridgehead atoms. The number of aldehydes is 1. The molecule has 0 radical (unpaired) electrons. The van der Waals surface area contributed by atoms with E-state index in [1.165, 1.54) is 6.92 Å². The highest BCUT2D eigenvalue weighted by Gasteiger charge is 2.56. The average molecular weight is 463 g/mol. The fourth-order valence-corrected chi connectivity index (χ4v) is 4.51. The first kappa shape index (κ1) is 20.9. The minimum absolute atomic E-state index is 0.00359. The van der Waals surface area contributed by atoms with Gasteiger partial charge in [0.2, 0.25) is 0 Å². The number of aromatic nitrogens is 1. The van der Waals surface area contributed by atoms with Crippen LogP contribution in [0.5, 0.6) is 0 Å². The van der Waals surface area contributed by atoms with Crippen molar-refractivity contribution >= 4 is 58.0 Å². The Labute approximate surface area is 181 Å². The Balaban J connectivity index is 1.82. The van der Waals surface area contributed by atoms with Gasteiger partial charge in [-0.15, -0.1) is 0 Å². The predicted molar refractivity (Wildman–Crippen MR) is 107 cm³/mol. The van der Waals surface area contributed by atoms with E-state index in [0.717, 1.165) is 0 Å². The van der Waals surface area contributed by atoms with Crippen LogP contribution in [0.3, 0.4) is 0 Å². The fourth-order valence-electron chi connectivity index (χ4n) is 3.86. The van der Waals surface area contributed by atoms with Crippen molar-refractivity contribution in [1.82, 2.24) is 4.57 Å². The molecule has 1 aromatic heterocycles. The Bertz CT molecular complexity index is 1000. The maximum Gasteiger partial charge on any atom is 0.302 e. The second-order valence-electron chi connectivity index (χ2n) is 7.41. The maximum atomic E-state index is 11.7. The molecule has 2 aromatic rings. The summed E-state index contributed by atoms with van der Waals surface area (Å²) >= 11 is 18.9. The SMILES string of the molecule is CC(=O)OC[C@H]1O[C@@H](n2c(Cl)c(C=O)c3cc(Cl)c(Cl)cc32)C2OC(C)(C)OC21. The fraction of sp³-hybridized carbons (Fsp3) is 0.474. The predicted octanol–water partition coefficient (Wildman–Crippen LogP) is 4.39. The minimum Gasteiger partial charge on any atom is -0.463 e. The summed E-state index contributed by atoms with van der Waals surface area (Å²) in [5.74, 6) is -1.30. The van der Waals surface area contributed by atoms with E-state index < -0.39 is 36.3 Å². The van der Waals surface area contributed by atoms with Crippen molar-refractivity contribution in [3.63, 3.8) is 0 Å². The maximum absolute atomic E-state index is 11.7. The Morgan fingerprint density at radius 2 is 1.86 bits per heavy atom.